The lowest BCUT2D eigenvalue weighted by Gasteiger charge is -2.34. The number of thiophene rings is 1. The van der Waals surface area contributed by atoms with Gasteiger partial charge in [-0.1, -0.05) is 0 Å². The van der Waals surface area contributed by atoms with Crippen LogP contribution in [0.2, 0.25) is 0 Å². The van der Waals surface area contributed by atoms with Crippen molar-refractivity contribution in [3.63, 3.8) is 0 Å². The normalized spacial score (nSPS) is 20.8. The van der Waals surface area contributed by atoms with Crippen LogP contribution in [0.3, 0.4) is 0 Å². The van der Waals surface area contributed by atoms with E-state index in [4.69, 9.17) is 0 Å². The van der Waals surface area contributed by atoms with Crippen molar-refractivity contribution in [2.75, 3.05) is 19.6 Å². The molecule has 3 nitrogen and oxygen atoms in total. The van der Waals surface area contributed by atoms with Gasteiger partial charge in [-0.15, -0.1) is 23.7 Å². The van der Waals surface area contributed by atoms with E-state index in [-0.39, 0.29) is 35.7 Å². The number of halogens is 2. The molecule has 144 valence electrons. The standard InChI is InChI=1S/C21H22FNO2S.ClH/c22-17-3-1-15(2-4-17)21(25)16-5-8-23(9-6-16)13-14-11-19(24)18-7-10-26-20(18)12-14;/h1-4,7,10,14,16H,5-6,8-9,11-13H2;1H. The Morgan fingerprint density at radius 1 is 1.11 bits per heavy atom. The van der Waals surface area contributed by atoms with Gasteiger partial charge in [0.15, 0.2) is 11.6 Å². The number of hydrogen-bond donors (Lipinski definition) is 0. The minimum atomic E-state index is -0.313. The molecule has 0 radical (unpaired) electrons. The molecule has 1 aliphatic heterocycles. The fourth-order valence-electron chi connectivity index (χ4n) is 4.18. The van der Waals surface area contributed by atoms with Gasteiger partial charge in [-0.3, -0.25) is 9.59 Å². The number of Topliss-reactive ketones (excluding diaryl/α,β-unsaturated/α-hetero) is 2. The molecule has 1 saturated heterocycles. The largest absolute Gasteiger partial charge is 0.303 e. The van der Waals surface area contributed by atoms with Crippen molar-refractivity contribution in [2.45, 2.75) is 25.7 Å². The molecule has 1 aliphatic carbocycles. The van der Waals surface area contributed by atoms with E-state index in [0.29, 0.717) is 17.9 Å². The van der Waals surface area contributed by atoms with Gasteiger partial charge in [0.2, 0.25) is 0 Å². The molecule has 2 aromatic rings. The van der Waals surface area contributed by atoms with Crippen LogP contribution in [0.5, 0.6) is 0 Å². The van der Waals surface area contributed by atoms with E-state index in [2.05, 4.69) is 4.90 Å². The number of ketones is 2. The Labute approximate surface area is 169 Å². The monoisotopic (exact) mass is 407 g/mol. The molecule has 27 heavy (non-hydrogen) atoms. The number of likely N-dealkylation sites (tertiary alicyclic amines) is 1. The molecule has 1 aromatic heterocycles. The van der Waals surface area contributed by atoms with E-state index in [9.17, 15) is 14.0 Å². The highest BCUT2D eigenvalue weighted by atomic mass is 35.5. The SMILES string of the molecule is Cl.O=C1CC(CN2CCC(C(=O)c3ccc(F)cc3)CC2)Cc2sccc21. The first kappa shape index (κ1) is 20.2. The van der Waals surface area contributed by atoms with Crippen LogP contribution in [-0.2, 0) is 6.42 Å². The Hall–Kier alpha value is -1.56. The summed E-state index contributed by atoms with van der Waals surface area (Å²) in [6.07, 6.45) is 3.30. The molecule has 1 aromatic carbocycles. The first-order valence-electron chi connectivity index (χ1n) is 9.22. The number of fused-ring (bicyclic) bond motifs is 1. The van der Waals surface area contributed by atoms with Crippen LogP contribution < -0.4 is 0 Å². The van der Waals surface area contributed by atoms with E-state index < -0.39 is 0 Å². The molecule has 0 saturated carbocycles. The van der Waals surface area contributed by atoms with Crippen molar-refractivity contribution in [3.05, 3.63) is 57.5 Å². The minimum absolute atomic E-state index is 0. The highest BCUT2D eigenvalue weighted by Gasteiger charge is 2.30. The molecule has 2 aliphatic rings. The van der Waals surface area contributed by atoms with Crippen LogP contribution in [0.15, 0.2) is 35.7 Å². The van der Waals surface area contributed by atoms with Crippen molar-refractivity contribution in [1.82, 2.24) is 4.90 Å². The second-order valence-electron chi connectivity index (χ2n) is 7.40. The average molecular weight is 408 g/mol. The molecule has 1 unspecified atom stereocenters. The fraction of sp³-hybridized carbons (Fsp3) is 0.429. The molecule has 1 fully saturated rings. The third-order valence-corrected chi connectivity index (χ3v) is 6.54. The second kappa shape index (κ2) is 8.63. The summed E-state index contributed by atoms with van der Waals surface area (Å²) >= 11 is 1.69. The summed E-state index contributed by atoms with van der Waals surface area (Å²) in [5.74, 6) is 0.499. The Morgan fingerprint density at radius 3 is 2.52 bits per heavy atom. The summed E-state index contributed by atoms with van der Waals surface area (Å²) in [6, 6.07) is 7.81. The Balaban J connectivity index is 0.00000210. The van der Waals surface area contributed by atoms with Crippen LogP contribution in [0.25, 0.3) is 0 Å². The summed E-state index contributed by atoms with van der Waals surface area (Å²) in [6.45, 7) is 2.71. The van der Waals surface area contributed by atoms with Gasteiger partial charge in [0.25, 0.3) is 0 Å². The smallest absolute Gasteiger partial charge is 0.166 e. The zero-order valence-electron chi connectivity index (χ0n) is 15.0. The van der Waals surface area contributed by atoms with Gasteiger partial charge < -0.3 is 4.90 Å². The topological polar surface area (TPSA) is 37.4 Å². The van der Waals surface area contributed by atoms with Gasteiger partial charge in [0, 0.05) is 34.9 Å². The number of hydrogen-bond acceptors (Lipinski definition) is 4. The van der Waals surface area contributed by atoms with Crippen molar-refractivity contribution in [3.8, 4) is 0 Å². The number of piperidine rings is 1. The van der Waals surface area contributed by atoms with Crippen molar-refractivity contribution < 1.29 is 14.0 Å². The maximum absolute atomic E-state index is 13.0. The van der Waals surface area contributed by atoms with Gasteiger partial charge in [-0.25, -0.2) is 4.39 Å². The van der Waals surface area contributed by atoms with Crippen LogP contribution >= 0.6 is 23.7 Å². The van der Waals surface area contributed by atoms with Gasteiger partial charge in [0.1, 0.15) is 5.82 Å². The van der Waals surface area contributed by atoms with E-state index in [1.165, 1.54) is 17.0 Å². The quantitative estimate of drug-likeness (QED) is 0.692. The molecule has 2 heterocycles. The van der Waals surface area contributed by atoms with Crippen LogP contribution in [0.4, 0.5) is 4.39 Å². The minimum Gasteiger partial charge on any atom is -0.303 e. The first-order chi connectivity index (χ1) is 12.6. The van der Waals surface area contributed by atoms with Gasteiger partial charge in [-0.05, 0) is 74.0 Å². The summed E-state index contributed by atoms with van der Waals surface area (Å²) in [4.78, 5) is 28.4. The third kappa shape index (κ3) is 4.48. The number of carbonyl (C=O) groups is 2. The Kier molecular flexibility index (Phi) is 6.45. The predicted molar refractivity (Wildman–Crippen MR) is 108 cm³/mol. The maximum Gasteiger partial charge on any atom is 0.166 e. The molecule has 0 amide bonds. The molecule has 0 bridgehead atoms. The third-order valence-electron chi connectivity index (χ3n) is 5.60. The lowest BCUT2D eigenvalue weighted by Crippen LogP contribution is -2.40. The molecular weight excluding hydrogens is 385 g/mol. The maximum atomic E-state index is 13.0. The highest BCUT2D eigenvalue weighted by molar-refractivity contribution is 7.10. The first-order valence-corrected chi connectivity index (χ1v) is 10.1. The summed E-state index contributed by atoms with van der Waals surface area (Å²) in [7, 11) is 0. The Bertz CT molecular complexity index is 812. The van der Waals surface area contributed by atoms with Crippen LogP contribution in [-0.4, -0.2) is 36.1 Å². The van der Waals surface area contributed by atoms with Gasteiger partial charge >= 0.3 is 0 Å². The van der Waals surface area contributed by atoms with Crippen molar-refractivity contribution in [2.24, 2.45) is 11.8 Å². The van der Waals surface area contributed by atoms with E-state index in [0.717, 1.165) is 44.5 Å². The second-order valence-corrected chi connectivity index (χ2v) is 8.40. The lowest BCUT2D eigenvalue weighted by molar-refractivity contribution is 0.0813. The zero-order valence-corrected chi connectivity index (χ0v) is 16.7. The zero-order chi connectivity index (χ0) is 18.1. The van der Waals surface area contributed by atoms with Gasteiger partial charge in [-0.2, -0.15) is 0 Å². The summed E-state index contributed by atoms with van der Waals surface area (Å²) < 4.78 is 13.0. The summed E-state index contributed by atoms with van der Waals surface area (Å²) in [5, 5.41) is 2.01. The number of nitrogens with zero attached hydrogens (tertiary/aromatic N) is 1. The molecule has 6 heteroatoms. The van der Waals surface area contributed by atoms with Crippen LogP contribution in [0, 0.1) is 17.7 Å². The molecule has 4 rings (SSSR count). The fourth-order valence-corrected chi connectivity index (χ4v) is 5.18. The van der Waals surface area contributed by atoms with Crippen LogP contribution in [0.1, 0.15) is 44.9 Å². The number of rotatable bonds is 4. The molecule has 1 atom stereocenters. The number of carbonyl (C=O) groups excluding carboxylic acids is 2. The molecule has 0 spiro atoms. The Morgan fingerprint density at radius 2 is 1.81 bits per heavy atom. The summed E-state index contributed by atoms with van der Waals surface area (Å²) in [5.41, 5.74) is 1.53. The van der Waals surface area contributed by atoms with Crippen molar-refractivity contribution >= 4 is 35.3 Å². The predicted octanol–water partition coefficient (Wildman–Crippen LogP) is 4.65. The molecule has 0 N–H and O–H groups in total. The van der Waals surface area contributed by atoms with Gasteiger partial charge in [0.05, 0.1) is 0 Å². The number of benzene rings is 1. The molecular formula is C21H23ClFNO2S. The van der Waals surface area contributed by atoms with E-state index >= 15 is 0 Å². The van der Waals surface area contributed by atoms with E-state index in [1.807, 2.05) is 11.4 Å². The van der Waals surface area contributed by atoms with Crippen molar-refractivity contribution in [1.29, 1.82) is 0 Å². The van der Waals surface area contributed by atoms with E-state index in [1.54, 1.807) is 23.5 Å². The lowest BCUT2D eigenvalue weighted by atomic mass is 9.85. The highest BCUT2D eigenvalue weighted by Crippen LogP contribution is 2.31. The average Bonchev–Trinajstić information content (AvgIpc) is 3.12.